The van der Waals surface area contributed by atoms with E-state index in [2.05, 4.69) is 6.58 Å². The van der Waals surface area contributed by atoms with Gasteiger partial charge in [-0.05, 0) is 48.9 Å². The lowest BCUT2D eigenvalue weighted by Crippen LogP contribution is -2.31. The van der Waals surface area contributed by atoms with E-state index in [1.807, 2.05) is 0 Å². The van der Waals surface area contributed by atoms with E-state index in [1.54, 1.807) is 44.4 Å². The van der Waals surface area contributed by atoms with Crippen LogP contribution < -0.4 is 13.8 Å². The summed E-state index contributed by atoms with van der Waals surface area (Å²) in [5, 5.41) is 0.329. The maximum Gasteiger partial charge on any atom is 0.264 e. The fraction of sp³-hybridized carbons (Fsp3) is 0.222. The molecule has 0 unspecified atom stereocenters. The molecule has 0 N–H and O–H groups in total. The van der Waals surface area contributed by atoms with Crippen LogP contribution in [-0.4, -0.2) is 29.2 Å². The van der Waals surface area contributed by atoms with Gasteiger partial charge >= 0.3 is 0 Å². The Bertz CT molecular complexity index is 881. The minimum atomic E-state index is -3.79. The van der Waals surface area contributed by atoms with Gasteiger partial charge in [-0.3, -0.25) is 4.31 Å². The summed E-state index contributed by atoms with van der Waals surface area (Å²) in [7, 11) is -0.752. The van der Waals surface area contributed by atoms with Crippen molar-refractivity contribution in [3.8, 4) is 11.5 Å². The zero-order valence-corrected chi connectivity index (χ0v) is 15.9. The van der Waals surface area contributed by atoms with Crippen molar-refractivity contribution in [2.75, 3.05) is 25.1 Å². The van der Waals surface area contributed by atoms with Crippen LogP contribution in [0.25, 0.3) is 0 Å². The molecule has 2 aromatic carbocycles. The predicted octanol–water partition coefficient (Wildman–Crippen LogP) is 4.05. The third-order valence-electron chi connectivity index (χ3n) is 3.67. The summed E-state index contributed by atoms with van der Waals surface area (Å²) in [6.07, 6.45) is 1.52. The van der Waals surface area contributed by atoms with Gasteiger partial charge in [0.2, 0.25) is 0 Å². The fourth-order valence-electron chi connectivity index (χ4n) is 2.41. The van der Waals surface area contributed by atoms with Crippen molar-refractivity contribution in [1.82, 2.24) is 0 Å². The number of nitrogens with zero attached hydrogens (tertiary/aromatic N) is 1. The second kappa shape index (κ2) is 7.80. The second-order valence-corrected chi connectivity index (χ2v) is 7.54. The third-order valence-corrected chi connectivity index (χ3v) is 5.76. The molecule has 7 heteroatoms. The minimum absolute atomic E-state index is 0.107. The number of ether oxygens (including phenoxy) is 2. The molecule has 0 bridgehead atoms. The Labute approximate surface area is 153 Å². The molecule has 2 rings (SSSR count). The molecule has 0 aromatic heterocycles. The van der Waals surface area contributed by atoms with Crippen molar-refractivity contribution >= 4 is 27.3 Å². The van der Waals surface area contributed by atoms with Crippen LogP contribution in [-0.2, 0) is 10.0 Å². The summed E-state index contributed by atoms with van der Waals surface area (Å²) in [4.78, 5) is 0.166. The van der Waals surface area contributed by atoms with E-state index in [0.717, 1.165) is 5.56 Å². The van der Waals surface area contributed by atoms with Gasteiger partial charge in [-0.15, -0.1) is 6.58 Å². The molecule has 0 heterocycles. The number of halogens is 1. The maximum absolute atomic E-state index is 13.1. The van der Waals surface area contributed by atoms with Crippen molar-refractivity contribution in [2.24, 2.45) is 0 Å². The highest BCUT2D eigenvalue weighted by Gasteiger charge is 2.25. The molecule has 0 aliphatic carbocycles. The second-order valence-electron chi connectivity index (χ2n) is 5.28. The summed E-state index contributed by atoms with van der Waals surface area (Å²) < 4.78 is 37.8. The monoisotopic (exact) mass is 381 g/mol. The molecule has 0 aliphatic heterocycles. The van der Waals surface area contributed by atoms with E-state index in [4.69, 9.17) is 21.1 Å². The number of aryl methyl sites for hydroxylation is 1. The summed E-state index contributed by atoms with van der Waals surface area (Å²) in [5.74, 6) is 1.10. The standard InChI is InChI=1S/C18H20ClNO4S/c1-5-10-20(14-6-8-18(24-4)16(19)12-14)25(21,22)15-7-9-17(23-3)13(2)11-15/h5-9,11-12H,1,10H2,2-4H3. The molecule has 0 spiro atoms. The largest absolute Gasteiger partial charge is 0.496 e. The van der Waals surface area contributed by atoms with Crippen LogP contribution in [0.2, 0.25) is 5.02 Å². The first-order valence-electron chi connectivity index (χ1n) is 7.47. The van der Waals surface area contributed by atoms with Crippen LogP contribution in [0.5, 0.6) is 11.5 Å². The quantitative estimate of drug-likeness (QED) is 0.679. The average Bonchev–Trinajstić information content (AvgIpc) is 2.59. The summed E-state index contributed by atoms with van der Waals surface area (Å²) in [5.41, 5.74) is 1.16. The smallest absolute Gasteiger partial charge is 0.264 e. The van der Waals surface area contributed by atoms with Gasteiger partial charge < -0.3 is 9.47 Å². The topological polar surface area (TPSA) is 55.8 Å². The van der Waals surface area contributed by atoms with Crippen molar-refractivity contribution < 1.29 is 17.9 Å². The van der Waals surface area contributed by atoms with E-state index < -0.39 is 10.0 Å². The summed E-state index contributed by atoms with van der Waals surface area (Å²) >= 11 is 6.15. The Morgan fingerprint density at radius 2 is 1.76 bits per heavy atom. The first-order chi connectivity index (χ1) is 11.8. The molecule has 0 saturated heterocycles. The van der Waals surface area contributed by atoms with Gasteiger partial charge in [-0.25, -0.2) is 8.42 Å². The molecule has 0 aliphatic rings. The van der Waals surface area contributed by atoms with Crippen molar-refractivity contribution in [3.05, 3.63) is 59.6 Å². The van der Waals surface area contributed by atoms with E-state index in [9.17, 15) is 8.42 Å². The molecular weight excluding hydrogens is 362 g/mol. The van der Waals surface area contributed by atoms with Gasteiger partial charge in [0.1, 0.15) is 11.5 Å². The molecule has 0 radical (unpaired) electrons. The highest BCUT2D eigenvalue weighted by molar-refractivity contribution is 7.92. The van der Waals surface area contributed by atoms with Crippen LogP contribution in [0.4, 0.5) is 5.69 Å². The molecule has 2 aromatic rings. The van der Waals surface area contributed by atoms with Crippen LogP contribution in [0.3, 0.4) is 0 Å². The number of anilines is 1. The van der Waals surface area contributed by atoms with Crippen LogP contribution in [0.15, 0.2) is 53.9 Å². The van der Waals surface area contributed by atoms with E-state index in [1.165, 1.54) is 23.6 Å². The number of rotatable bonds is 7. The highest BCUT2D eigenvalue weighted by atomic mass is 35.5. The van der Waals surface area contributed by atoms with E-state index in [0.29, 0.717) is 22.2 Å². The zero-order chi connectivity index (χ0) is 18.6. The molecule has 5 nitrogen and oxygen atoms in total. The van der Waals surface area contributed by atoms with Crippen molar-refractivity contribution in [2.45, 2.75) is 11.8 Å². The Morgan fingerprint density at radius 1 is 1.12 bits per heavy atom. The number of sulfonamides is 1. The van der Waals surface area contributed by atoms with Gasteiger partial charge in [0.15, 0.2) is 0 Å². The molecule has 0 saturated carbocycles. The van der Waals surface area contributed by atoms with Gasteiger partial charge in [-0.1, -0.05) is 17.7 Å². The van der Waals surface area contributed by atoms with Crippen LogP contribution >= 0.6 is 11.6 Å². The molecule has 0 fully saturated rings. The van der Waals surface area contributed by atoms with Crippen LogP contribution in [0, 0.1) is 6.92 Å². The van der Waals surface area contributed by atoms with Gasteiger partial charge in [-0.2, -0.15) is 0 Å². The lowest BCUT2D eigenvalue weighted by Gasteiger charge is -2.24. The SMILES string of the molecule is C=CCN(c1ccc(OC)c(Cl)c1)S(=O)(=O)c1ccc(OC)c(C)c1. The lowest BCUT2D eigenvalue weighted by molar-refractivity contribution is 0.411. The van der Waals surface area contributed by atoms with Gasteiger partial charge in [0, 0.05) is 0 Å². The Balaban J connectivity index is 2.53. The highest BCUT2D eigenvalue weighted by Crippen LogP contribution is 2.32. The molecular formula is C18H20ClNO4S. The first kappa shape index (κ1) is 19.1. The zero-order valence-electron chi connectivity index (χ0n) is 14.3. The van der Waals surface area contributed by atoms with Gasteiger partial charge in [0.25, 0.3) is 10.0 Å². The molecule has 0 amide bonds. The predicted molar refractivity (Wildman–Crippen MR) is 100 cm³/mol. The Kier molecular flexibility index (Phi) is 5.98. The molecule has 25 heavy (non-hydrogen) atoms. The third kappa shape index (κ3) is 3.91. The van der Waals surface area contributed by atoms with Gasteiger partial charge in [0.05, 0.1) is 36.4 Å². The average molecular weight is 382 g/mol. The Morgan fingerprint density at radius 3 is 2.28 bits per heavy atom. The number of hydrogen-bond acceptors (Lipinski definition) is 4. The fourth-order valence-corrected chi connectivity index (χ4v) is 4.17. The minimum Gasteiger partial charge on any atom is -0.496 e. The van der Waals surface area contributed by atoms with Crippen molar-refractivity contribution in [1.29, 1.82) is 0 Å². The maximum atomic E-state index is 13.1. The van der Waals surface area contributed by atoms with Crippen LogP contribution in [0.1, 0.15) is 5.56 Å². The number of benzene rings is 2. The van der Waals surface area contributed by atoms with E-state index >= 15 is 0 Å². The molecule has 0 atom stereocenters. The van der Waals surface area contributed by atoms with E-state index in [-0.39, 0.29) is 11.4 Å². The molecule has 134 valence electrons. The number of methoxy groups -OCH3 is 2. The lowest BCUT2D eigenvalue weighted by atomic mass is 10.2. The normalized spacial score (nSPS) is 11.0. The summed E-state index contributed by atoms with van der Waals surface area (Å²) in [6, 6.07) is 9.55. The first-order valence-corrected chi connectivity index (χ1v) is 9.28. The number of hydrogen-bond donors (Lipinski definition) is 0. The van der Waals surface area contributed by atoms with Crippen molar-refractivity contribution in [3.63, 3.8) is 0 Å². The summed E-state index contributed by atoms with van der Waals surface area (Å²) in [6.45, 7) is 5.55. The Hall–Kier alpha value is -2.18.